The Morgan fingerprint density at radius 2 is 1.74 bits per heavy atom. The molecule has 4 aliphatic carbocycles. The topological polar surface area (TPSA) is 72.5 Å². The molecule has 1 heterocycles. The Kier molecular flexibility index (Phi) is 6.33. The van der Waals surface area contributed by atoms with E-state index >= 15 is 0 Å². The lowest BCUT2D eigenvalue weighted by molar-refractivity contribution is -0.172. The Morgan fingerprint density at radius 3 is 2.48 bits per heavy atom. The number of piperidine rings is 1. The molecule has 1 aliphatic heterocycles. The highest BCUT2D eigenvalue weighted by molar-refractivity contribution is 5.88. The van der Waals surface area contributed by atoms with Crippen molar-refractivity contribution >= 4 is 29.9 Å². The van der Waals surface area contributed by atoms with E-state index in [-0.39, 0.29) is 47.1 Å². The number of hydrogen-bond acceptors (Lipinski definition) is 5. The number of Topliss-reactive ketones (excluding diaryl/α,β-unsaturated/α-hetero) is 2. The maximum atomic E-state index is 13.4. The highest BCUT2D eigenvalue weighted by Gasteiger charge is 2.62. The summed E-state index contributed by atoms with van der Waals surface area (Å²) in [7, 11) is 0. The molecule has 0 aromatic rings. The van der Waals surface area contributed by atoms with E-state index < -0.39 is 0 Å². The van der Waals surface area contributed by atoms with Crippen molar-refractivity contribution in [2.24, 2.45) is 40.4 Å². The maximum Gasteiger partial charge on any atom is 0.309 e. The van der Waals surface area contributed by atoms with Crippen LogP contribution in [0, 0.1) is 40.4 Å². The van der Waals surface area contributed by atoms with Gasteiger partial charge in [-0.1, -0.05) is 13.8 Å². The van der Waals surface area contributed by atoms with Crippen molar-refractivity contribution in [1.82, 2.24) is 5.32 Å². The number of ether oxygens (including phenoxy) is 1. The number of halogens is 1. The molecule has 0 radical (unpaired) electrons. The van der Waals surface area contributed by atoms with Crippen LogP contribution in [0.5, 0.6) is 0 Å². The van der Waals surface area contributed by atoms with Crippen LogP contribution in [-0.4, -0.2) is 36.7 Å². The molecule has 0 spiro atoms. The molecule has 1 saturated heterocycles. The van der Waals surface area contributed by atoms with Gasteiger partial charge in [0, 0.05) is 24.2 Å². The van der Waals surface area contributed by atoms with Crippen LogP contribution in [0.25, 0.3) is 0 Å². The van der Waals surface area contributed by atoms with Gasteiger partial charge in [0.1, 0.15) is 17.7 Å². The Morgan fingerprint density at radius 1 is 1.00 bits per heavy atom. The Bertz CT molecular complexity index is 750. The number of hydrogen-bond donors (Lipinski definition) is 1. The highest BCUT2D eigenvalue weighted by Crippen LogP contribution is 2.64. The Labute approximate surface area is 192 Å². The maximum absolute atomic E-state index is 13.4. The first-order valence-corrected chi connectivity index (χ1v) is 12.3. The molecule has 1 N–H and O–H groups in total. The van der Waals surface area contributed by atoms with Crippen LogP contribution >= 0.6 is 12.4 Å². The molecule has 0 aromatic carbocycles. The predicted octanol–water partition coefficient (Wildman–Crippen LogP) is 4.11. The highest BCUT2D eigenvalue weighted by atomic mass is 35.5. The lowest BCUT2D eigenvalue weighted by atomic mass is 9.45. The van der Waals surface area contributed by atoms with Gasteiger partial charge in [0.2, 0.25) is 0 Å². The van der Waals surface area contributed by atoms with E-state index in [0.29, 0.717) is 48.6 Å². The van der Waals surface area contributed by atoms with Crippen LogP contribution in [0.3, 0.4) is 0 Å². The minimum atomic E-state index is -0.188. The van der Waals surface area contributed by atoms with E-state index in [2.05, 4.69) is 19.2 Å². The fourth-order valence-electron chi connectivity index (χ4n) is 8.20. The summed E-state index contributed by atoms with van der Waals surface area (Å²) < 4.78 is 5.95. The summed E-state index contributed by atoms with van der Waals surface area (Å²) in [6.07, 6.45) is 8.52. The fourth-order valence-corrected chi connectivity index (χ4v) is 8.20. The number of nitrogens with one attached hydrogen (secondary N) is 1. The summed E-state index contributed by atoms with van der Waals surface area (Å²) >= 11 is 0. The quantitative estimate of drug-likeness (QED) is 0.639. The first kappa shape index (κ1) is 23.2. The van der Waals surface area contributed by atoms with Gasteiger partial charge < -0.3 is 10.1 Å². The SMILES string of the molecule is C[C@]12CCC(OC(=O)C3CCNCC3)CC1C(=O)C[C@@H]1[C@H]2CC[C@]2(C)C(=O)CC[C@@H]12.Cl. The van der Waals surface area contributed by atoms with Gasteiger partial charge in [0.25, 0.3) is 0 Å². The molecular formula is C25H38ClNO4. The van der Waals surface area contributed by atoms with Crippen molar-refractivity contribution in [3.63, 3.8) is 0 Å². The second kappa shape index (κ2) is 8.44. The number of ketones is 2. The number of carbonyl (C=O) groups excluding carboxylic acids is 3. The van der Waals surface area contributed by atoms with Crippen molar-refractivity contribution in [1.29, 1.82) is 0 Å². The van der Waals surface area contributed by atoms with Crippen LogP contribution in [0.2, 0.25) is 0 Å². The Hall–Kier alpha value is -0.940. The van der Waals surface area contributed by atoms with Gasteiger partial charge in [-0.25, -0.2) is 0 Å². The van der Waals surface area contributed by atoms with Crippen molar-refractivity contribution in [3.05, 3.63) is 0 Å². The number of esters is 1. The molecule has 7 atom stereocenters. The summed E-state index contributed by atoms with van der Waals surface area (Å²) in [4.78, 5) is 38.6. The Balaban J connectivity index is 0.00000231. The third-order valence-corrected chi connectivity index (χ3v) is 10.1. The zero-order chi connectivity index (χ0) is 21.1. The van der Waals surface area contributed by atoms with E-state index in [9.17, 15) is 14.4 Å². The second-order valence-electron chi connectivity index (χ2n) is 11.4. The molecule has 5 rings (SSSR count). The van der Waals surface area contributed by atoms with Crippen molar-refractivity contribution in [2.45, 2.75) is 84.2 Å². The zero-order valence-electron chi connectivity index (χ0n) is 19.0. The average molecular weight is 452 g/mol. The number of rotatable bonds is 2. The molecular weight excluding hydrogens is 414 g/mol. The number of carbonyl (C=O) groups is 3. The third-order valence-electron chi connectivity index (χ3n) is 10.1. The van der Waals surface area contributed by atoms with E-state index in [4.69, 9.17) is 4.74 Å². The van der Waals surface area contributed by atoms with Gasteiger partial charge in [-0.05, 0) is 87.6 Å². The normalized spacial score (nSPS) is 45.2. The molecule has 5 fully saturated rings. The lowest BCUT2D eigenvalue weighted by Gasteiger charge is -2.59. The third kappa shape index (κ3) is 3.68. The molecule has 6 heteroatoms. The molecule has 2 unspecified atom stereocenters. The summed E-state index contributed by atoms with van der Waals surface area (Å²) in [5, 5.41) is 3.30. The molecule has 0 aromatic heterocycles. The lowest BCUT2D eigenvalue weighted by Crippen LogP contribution is -2.57. The molecule has 174 valence electrons. The minimum Gasteiger partial charge on any atom is -0.462 e. The van der Waals surface area contributed by atoms with E-state index in [0.717, 1.165) is 58.0 Å². The average Bonchev–Trinajstić information content (AvgIpc) is 3.04. The van der Waals surface area contributed by atoms with Crippen molar-refractivity contribution in [3.8, 4) is 0 Å². The first-order chi connectivity index (χ1) is 14.3. The monoisotopic (exact) mass is 451 g/mol. The van der Waals surface area contributed by atoms with Crippen LogP contribution in [0.4, 0.5) is 0 Å². The molecule has 31 heavy (non-hydrogen) atoms. The van der Waals surface area contributed by atoms with Crippen molar-refractivity contribution < 1.29 is 19.1 Å². The largest absolute Gasteiger partial charge is 0.462 e. The summed E-state index contributed by atoms with van der Waals surface area (Å²) in [6, 6.07) is 0. The molecule has 5 nitrogen and oxygen atoms in total. The smallest absolute Gasteiger partial charge is 0.309 e. The van der Waals surface area contributed by atoms with E-state index in [1.54, 1.807) is 0 Å². The minimum absolute atomic E-state index is 0. The number of fused-ring (bicyclic) bond motifs is 5. The van der Waals surface area contributed by atoms with Gasteiger partial charge in [-0.2, -0.15) is 0 Å². The zero-order valence-corrected chi connectivity index (χ0v) is 19.8. The second-order valence-corrected chi connectivity index (χ2v) is 11.4. The van der Waals surface area contributed by atoms with Crippen LogP contribution < -0.4 is 5.32 Å². The van der Waals surface area contributed by atoms with E-state index in [1.165, 1.54) is 0 Å². The van der Waals surface area contributed by atoms with Gasteiger partial charge in [0.05, 0.1) is 5.92 Å². The molecule has 0 amide bonds. The summed E-state index contributed by atoms with van der Waals surface area (Å²) in [6.45, 7) is 6.26. The summed E-state index contributed by atoms with van der Waals surface area (Å²) in [5.74, 6) is 2.07. The van der Waals surface area contributed by atoms with Gasteiger partial charge in [-0.3, -0.25) is 14.4 Å². The van der Waals surface area contributed by atoms with Crippen LogP contribution in [-0.2, 0) is 19.1 Å². The van der Waals surface area contributed by atoms with Gasteiger partial charge in [0.15, 0.2) is 0 Å². The fraction of sp³-hybridized carbons (Fsp3) is 0.880. The van der Waals surface area contributed by atoms with Crippen molar-refractivity contribution in [2.75, 3.05) is 13.1 Å². The van der Waals surface area contributed by atoms with Crippen LogP contribution in [0.1, 0.15) is 78.1 Å². The standard InChI is InChI=1S/C25H37NO4.ClH/c1-24-9-5-16(30-23(29)15-7-11-26-12-8-15)13-20(24)21(27)14-17-18-3-4-22(28)25(18,2)10-6-19(17)24;/h15-20,26H,3-14H2,1-2H3;1H/t16?,17-,18-,19+,20?,24+,25-;/m0./s1. The molecule has 5 aliphatic rings. The van der Waals surface area contributed by atoms with Gasteiger partial charge in [-0.15, -0.1) is 12.4 Å². The predicted molar refractivity (Wildman–Crippen MR) is 120 cm³/mol. The van der Waals surface area contributed by atoms with E-state index in [1.807, 2.05) is 0 Å². The molecule has 4 saturated carbocycles. The first-order valence-electron chi connectivity index (χ1n) is 12.3. The van der Waals surface area contributed by atoms with Gasteiger partial charge >= 0.3 is 5.97 Å². The van der Waals surface area contributed by atoms with Crippen LogP contribution in [0.15, 0.2) is 0 Å². The molecule has 0 bridgehead atoms. The summed E-state index contributed by atoms with van der Waals surface area (Å²) in [5.41, 5.74) is -0.184.